The number of carbonyl (C=O) groups is 1. The molecule has 0 bridgehead atoms. The number of sulfone groups is 1. The molecule has 0 saturated heterocycles. The molecule has 1 heterocycles. The van der Waals surface area contributed by atoms with Crippen LogP contribution in [-0.2, 0) is 14.6 Å². The van der Waals surface area contributed by atoms with E-state index in [1.165, 1.54) is 0 Å². The fourth-order valence-corrected chi connectivity index (χ4v) is 8.70. The molecule has 2 N–H and O–H groups in total. The Morgan fingerprint density at radius 3 is 2.18 bits per heavy atom. The van der Waals surface area contributed by atoms with Gasteiger partial charge in [0.05, 0.1) is 29.9 Å². The van der Waals surface area contributed by atoms with E-state index in [1.807, 2.05) is 67.2 Å². The van der Waals surface area contributed by atoms with E-state index < -0.39 is 33.2 Å². The lowest BCUT2D eigenvalue weighted by Gasteiger charge is -2.40. The van der Waals surface area contributed by atoms with Crippen LogP contribution in [0, 0.1) is 5.41 Å². The van der Waals surface area contributed by atoms with E-state index in [0.29, 0.717) is 29.9 Å². The van der Waals surface area contributed by atoms with Crippen molar-refractivity contribution in [3.63, 3.8) is 0 Å². The normalized spacial score (nSPS) is 18.9. The van der Waals surface area contributed by atoms with Gasteiger partial charge in [-0.1, -0.05) is 58.6 Å². The molecular weight excluding hydrogens is 576 g/mol. The first-order valence-corrected chi connectivity index (χ1v) is 18.0. The molecule has 8 nitrogen and oxygen atoms in total. The molecule has 1 aliphatic rings. The highest BCUT2D eigenvalue weighted by Gasteiger charge is 2.49. The van der Waals surface area contributed by atoms with Gasteiger partial charge in [0.1, 0.15) is 5.75 Å². The van der Waals surface area contributed by atoms with Crippen molar-refractivity contribution < 1.29 is 28.2 Å². The maximum Gasteiger partial charge on any atom is 0.317 e. The molecule has 2 aromatic carbocycles. The molecule has 44 heavy (non-hydrogen) atoms. The molecule has 0 aliphatic carbocycles. The zero-order valence-corrected chi connectivity index (χ0v) is 28.2. The predicted octanol–water partition coefficient (Wildman–Crippen LogP) is 6.36. The second kappa shape index (κ2) is 16.6. The van der Waals surface area contributed by atoms with E-state index in [4.69, 9.17) is 9.84 Å². The molecule has 0 saturated carbocycles. The number of aliphatic carboxylic acids is 1. The maximum atomic E-state index is 14.0. The molecule has 3 rings (SSSR count). The standard InChI is InChI=1S/C35H54N2O6S/c1-6-9-20-35(21-10-7-2)26-44(41,42)31-19-16-28(36(4)5)24-30(31)33(34(35)40)27-14-17-29(18-15-27)43-23-13-11-12-22-37(8-3)25-32(38)39/h14-19,24,33-34,40H,6-13,20-23,25-26H2,1-5H3,(H,38,39)/t33-,34-/m1/s1. The van der Waals surface area contributed by atoms with Gasteiger partial charge in [0.15, 0.2) is 9.84 Å². The van der Waals surface area contributed by atoms with Crippen LogP contribution in [0.25, 0.3) is 0 Å². The number of aliphatic hydroxyl groups excluding tert-OH is 1. The van der Waals surface area contributed by atoms with E-state index in [0.717, 1.165) is 75.0 Å². The lowest BCUT2D eigenvalue weighted by Crippen LogP contribution is -2.43. The summed E-state index contributed by atoms with van der Waals surface area (Å²) in [7, 11) is 0.236. The van der Waals surface area contributed by atoms with Crippen molar-refractivity contribution in [2.24, 2.45) is 5.41 Å². The van der Waals surface area contributed by atoms with Gasteiger partial charge in [0.25, 0.3) is 0 Å². The van der Waals surface area contributed by atoms with Crippen LogP contribution < -0.4 is 9.64 Å². The van der Waals surface area contributed by atoms with Crippen molar-refractivity contribution in [1.82, 2.24) is 4.90 Å². The summed E-state index contributed by atoms with van der Waals surface area (Å²) in [6, 6.07) is 13.3. The monoisotopic (exact) mass is 630 g/mol. The number of hydrogen-bond donors (Lipinski definition) is 2. The number of fused-ring (bicyclic) bond motifs is 1. The van der Waals surface area contributed by atoms with Crippen molar-refractivity contribution in [3.8, 4) is 5.75 Å². The Hall–Kier alpha value is -2.62. The summed E-state index contributed by atoms with van der Waals surface area (Å²) in [5.41, 5.74) is 1.71. The van der Waals surface area contributed by atoms with Crippen LogP contribution in [0.1, 0.15) is 95.6 Å². The molecule has 1 aliphatic heterocycles. The zero-order valence-electron chi connectivity index (χ0n) is 27.4. The van der Waals surface area contributed by atoms with Gasteiger partial charge in [0.2, 0.25) is 0 Å². The topological polar surface area (TPSA) is 107 Å². The molecule has 0 unspecified atom stereocenters. The van der Waals surface area contributed by atoms with Crippen molar-refractivity contribution in [1.29, 1.82) is 0 Å². The number of carboxylic acids is 1. The number of likely N-dealkylation sites (N-methyl/N-ethyl adjacent to an activating group) is 1. The van der Waals surface area contributed by atoms with E-state index >= 15 is 0 Å². The Balaban J connectivity index is 1.86. The molecule has 0 spiro atoms. The molecule has 0 aromatic heterocycles. The quantitative estimate of drug-likeness (QED) is 0.183. The Morgan fingerprint density at radius 1 is 0.955 bits per heavy atom. The second-order valence-corrected chi connectivity index (χ2v) is 14.6. The van der Waals surface area contributed by atoms with Crippen LogP contribution in [0.2, 0.25) is 0 Å². The molecule has 246 valence electrons. The first-order valence-electron chi connectivity index (χ1n) is 16.4. The fourth-order valence-electron chi connectivity index (χ4n) is 6.51. The number of aliphatic hydroxyl groups is 1. The third-order valence-electron chi connectivity index (χ3n) is 9.09. The second-order valence-electron chi connectivity index (χ2n) is 12.6. The smallest absolute Gasteiger partial charge is 0.317 e. The van der Waals surface area contributed by atoms with Crippen molar-refractivity contribution in [2.45, 2.75) is 95.5 Å². The number of nitrogens with zero attached hydrogens (tertiary/aromatic N) is 2. The van der Waals surface area contributed by atoms with Crippen LogP contribution >= 0.6 is 0 Å². The predicted molar refractivity (Wildman–Crippen MR) is 178 cm³/mol. The summed E-state index contributed by atoms with van der Waals surface area (Å²) < 4.78 is 34.1. The number of unbranched alkanes of at least 4 members (excludes halogenated alkanes) is 4. The van der Waals surface area contributed by atoms with Crippen LogP contribution in [0.3, 0.4) is 0 Å². The third kappa shape index (κ3) is 9.21. The van der Waals surface area contributed by atoms with Crippen LogP contribution in [0.5, 0.6) is 5.75 Å². The minimum absolute atomic E-state index is 0.0422. The van der Waals surface area contributed by atoms with Gasteiger partial charge in [-0.05, 0) is 86.7 Å². The highest BCUT2D eigenvalue weighted by atomic mass is 32.2. The van der Waals surface area contributed by atoms with Gasteiger partial charge in [0, 0.05) is 31.1 Å². The van der Waals surface area contributed by atoms with Gasteiger partial charge in [-0.2, -0.15) is 0 Å². The van der Waals surface area contributed by atoms with Gasteiger partial charge in [-0.15, -0.1) is 0 Å². The number of anilines is 1. The molecular formula is C35H54N2O6S. The van der Waals surface area contributed by atoms with Crippen LogP contribution in [-0.4, -0.2) is 81.7 Å². The van der Waals surface area contributed by atoms with Gasteiger partial charge in [-0.3, -0.25) is 9.69 Å². The zero-order chi connectivity index (χ0) is 32.3. The van der Waals surface area contributed by atoms with Gasteiger partial charge < -0.3 is 19.8 Å². The minimum atomic E-state index is -3.64. The number of carboxylic acid groups (broad SMARTS) is 1. The van der Waals surface area contributed by atoms with E-state index in [-0.39, 0.29) is 12.3 Å². The Bertz CT molecular complexity index is 1290. The highest BCUT2D eigenvalue weighted by Crippen LogP contribution is 2.50. The average Bonchev–Trinajstić information content (AvgIpc) is 3.06. The SMILES string of the molecule is CCCCC1(CCCC)CS(=O)(=O)c2ccc(N(C)C)cc2[C@@H](c2ccc(OCCCCCN(CC)CC(=O)O)cc2)[C@H]1O. The highest BCUT2D eigenvalue weighted by molar-refractivity contribution is 7.91. The molecule has 9 heteroatoms. The van der Waals surface area contributed by atoms with Crippen LogP contribution in [0.4, 0.5) is 5.69 Å². The Morgan fingerprint density at radius 2 is 1.61 bits per heavy atom. The first kappa shape index (κ1) is 35.9. The fraction of sp³-hybridized carbons (Fsp3) is 0.629. The number of rotatable bonds is 18. The van der Waals surface area contributed by atoms with Gasteiger partial charge >= 0.3 is 5.97 Å². The van der Waals surface area contributed by atoms with Crippen molar-refractivity contribution in [3.05, 3.63) is 53.6 Å². The largest absolute Gasteiger partial charge is 0.494 e. The Kier molecular flexibility index (Phi) is 13.5. The maximum absolute atomic E-state index is 14.0. The lowest BCUT2D eigenvalue weighted by molar-refractivity contribution is -0.138. The number of benzene rings is 2. The molecule has 0 radical (unpaired) electrons. The van der Waals surface area contributed by atoms with E-state index in [9.17, 15) is 18.3 Å². The molecule has 2 atom stereocenters. The summed E-state index contributed by atoms with van der Waals surface area (Å²) in [5.74, 6) is -0.599. The summed E-state index contributed by atoms with van der Waals surface area (Å²) in [5, 5.41) is 21.3. The number of ether oxygens (including phenoxy) is 1. The third-order valence-corrected chi connectivity index (χ3v) is 11.1. The van der Waals surface area contributed by atoms with E-state index in [2.05, 4.69) is 13.8 Å². The van der Waals surface area contributed by atoms with Gasteiger partial charge in [-0.25, -0.2) is 8.42 Å². The van der Waals surface area contributed by atoms with Crippen molar-refractivity contribution >= 4 is 21.5 Å². The number of hydrogen-bond acceptors (Lipinski definition) is 7. The molecule has 0 fully saturated rings. The Labute approximate surface area is 265 Å². The average molecular weight is 631 g/mol. The van der Waals surface area contributed by atoms with Crippen LogP contribution in [0.15, 0.2) is 47.4 Å². The van der Waals surface area contributed by atoms with E-state index in [1.54, 1.807) is 6.07 Å². The molecule has 2 aromatic rings. The summed E-state index contributed by atoms with van der Waals surface area (Å²) in [4.78, 5) is 15.2. The minimum Gasteiger partial charge on any atom is -0.494 e. The molecule has 0 amide bonds. The summed E-state index contributed by atoms with van der Waals surface area (Å²) in [6.07, 6.45) is 6.81. The van der Waals surface area contributed by atoms with Crippen molar-refractivity contribution in [2.75, 3.05) is 51.0 Å². The first-order chi connectivity index (χ1) is 21.0. The summed E-state index contributed by atoms with van der Waals surface area (Å²) in [6.45, 7) is 8.29. The summed E-state index contributed by atoms with van der Waals surface area (Å²) >= 11 is 0. The lowest BCUT2D eigenvalue weighted by atomic mass is 9.68.